The summed E-state index contributed by atoms with van der Waals surface area (Å²) < 4.78 is 12.9. The van der Waals surface area contributed by atoms with E-state index in [0.717, 1.165) is 0 Å². The molecule has 2 rings (SSSR count). The number of carbonyl (C=O) groups is 1. The summed E-state index contributed by atoms with van der Waals surface area (Å²) in [6.07, 6.45) is -1.50. The van der Waals surface area contributed by atoms with Crippen LogP contribution in [0.15, 0.2) is 48.5 Å². The monoisotopic (exact) mass is 318 g/mol. The maximum absolute atomic E-state index is 12.9. The molecule has 0 heterocycles. The summed E-state index contributed by atoms with van der Waals surface area (Å²) in [5, 5.41) is 21.8. The summed E-state index contributed by atoms with van der Waals surface area (Å²) in [7, 11) is 0. The average Bonchev–Trinajstić information content (AvgIpc) is 2.53. The third-order valence-corrected chi connectivity index (χ3v) is 3.41. The Kier molecular flexibility index (Phi) is 5.10. The SMILES string of the molecule is N#C[C@@H](NC(=O)[C@H](O)c1ccccc1Cl)c1ccc(F)cc1. The number of aliphatic hydroxyl groups is 1. The minimum atomic E-state index is -1.50. The molecule has 0 saturated heterocycles. The van der Waals surface area contributed by atoms with Crippen LogP contribution in [0.1, 0.15) is 23.3 Å². The zero-order chi connectivity index (χ0) is 16.1. The molecule has 1 amide bonds. The molecule has 0 aliphatic rings. The van der Waals surface area contributed by atoms with Crippen molar-refractivity contribution in [2.45, 2.75) is 12.1 Å². The van der Waals surface area contributed by atoms with Crippen molar-refractivity contribution in [3.05, 3.63) is 70.5 Å². The van der Waals surface area contributed by atoms with Gasteiger partial charge in [-0.3, -0.25) is 4.79 Å². The van der Waals surface area contributed by atoms with E-state index in [1.807, 2.05) is 6.07 Å². The minimum absolute atomic E-state index is 0.248. The van der Waals surface area contributed by atoms with E-state index in [0.29, 0.717) is 5.56 Å². The average molecular weight is 319 g/mol. The topological polar surface area (TPSA) is 73.1 Å². The van der Waals surface area contributed by atoms with Crippen LogP contribution in [0.5, 0.6) is 0 Å². The van der Waals surface area contributed by atoms with Crippen molar-refractivity contribution >= 4 is 17.5 Å². The first-order chi connectivity index (χ1) is 10.5. The van der Waals surface area contributed by atoms with E-state index in [9.17, 15) is 14.3 Å². The molecule has 0 aliphatic carbocycles. The van der Waals surface area contributed by atoms with E-state index in [4.69, 9.17) is 16.9 Å². The summed E-state index contributed by atoms with van der Waals surface area (Å²) in [4.78, 5) is 12.1. The molecule has 2 atom stereocenters. The van der Waals surface area contributed by atoms with Crippen molar-refractivity contribution in [3.63, 3.8) is 0 Å². The molecule has 112 valence electrons. The molecule has 0 radical (unpaired) electrons. The fraction of sp³-hybridized carbons (Fsp3) is 0.125. The van der Waals surface area contributed by atoms with Gasteiger partial charge >= 0.3 is 0 Å². The van der Waals surface area contributed by atoms with Gasteiger partial charge in [-0.15, -0.1) is 0 Å². The summed E-state index contributed by atoms with van der Waals surface area (Å²) in [5.41, 5.74) is 0.668. The first kappa shape index (κ1) is 16.0. The van der Waals surface area contributed by atoms with Crippen LogP contribution in [0.2, 0.25) is 5.02 Å². The Bertz CT molecular complexity index is 713. The highest BCUT2D eigenvalue weighted by Gasteiger charge is 2.23. The van der Waals surface area contributed by atoms with E-state index < -0.39 is 23.9 Å². The molecule has 0 saturated carbocycles. The number of hydrogen-bond donors (Lipinski definition) is 2. The van der Waals surface area contributed by atoms with Crippen molar-refractivity contribution in [3.8, 4) is 6.07 Å². The molecule has 2 aromatic carbocycles. The number of halogens is 2. The van der Waals surface area contributed by atoms with Gasteiger partial charge in [0.15, 0.2) is 6.10 Å². The molecule has 0 unspecified atom stereocenters. The van der Waals surface area contributed by atoms with Crippen LogP contribution in [-0.4, -0.2) is 11.0 Å². The van der Waals surface area contributed by atoms with Gasteiger partial charge in [-0.1, -0.05) is 41.9 Å². The molecule has 0 aliphatic heterocycles. The molecule has 0 spiro atoms. The van der Waals surface area contributed by atoms with Gasteiger partial charge in [0.05, 0.1) is 6.07 Å². The molecule has 6 heteroatoms. The second kappa shape index (κ2) is 7.03. The van der Waals surface area contributed by atoms with Crippen molar-refractivity contribution in [2.75, 3.05) is 0 Å². The molecule has 4 nitrogen and oxygen atoms in total. The minimum Gasteiger partial charge on any atom is -0.378 e. The van der Waals surface area contributed by atoms with Crippen molar-refractivity contribution in [2.24, 2.45) is 0 Å². The highest BCUT2D eigenvalue weighted by molar-refractivity contribution is 6.31. The number of nitrogens with one attached hydrogen (secondary N) is 1. The van der Waals surface area contributed by atoms with E-state index in [2.05, 4.69) is 5.32 Å². The van der Waals surface area contributed by atoms with E-state index >= 15 is 0 Å². The van der Waals surface area contributed by atoms with Crippen LogP contribution in [0, 0.1) is 17.1 Å². The molecule has 0 fully saturated rings. The van der Waals surface area contributed by atoms with Crippen LogP contribution in [-0.2, 0) is 4.79 Å². The number of rotatable bonds is 4. The van der Waals surface area contributed by atoms with Crippen LogP contribution in [0.25, 0.3) is 0 Å². The maximum atomic E-state index is 12.9. The van der Waals surface area contributed by atoms with Gasteiger partial charge in [0, 0.05) is 10.6 Å². The zero-order valence-electron chi connectivity index (χ0n) is 11.3. The number of hydrogen-bond acceptors (Lipinski definition) is 3. The number of amides is 1. The number of nitrogens with zero attached hydrogens (tertiary/aromatic N) is 1. The van der Waals surface area contributed by atoms with Crippen molar-refractivity contribution in [1.29, 1.82) is 5.26 Å². The maximum Gasteiger partial charge on any atom is 0.254 e. The van der Waals surface area contributed by atoms with Crippen LogP contribution < -0.4 is 5.32 Å². The van der Waals surface area contributed by atoms with Gasteiger partial charge in [0.1, 0.15) is 11.9 Å². The van der Waals surface area contributed by atoms with E-state index in [1.165, 1.54) is 30.3 Å². The fourth-order valence-electron chi connectivity index (χ4n) is 1.90. The summed E-state index contributed by atoms with van der Waals surface area (Å²) >= 11 is 5.92. The quantitative estimate of drug-likeness (QED) is 0.910. The van der Waals surface area contributed by atoms with Crippen molar-refractivity contribution in [1.82, 2.24) is 5.32 Å². The number of benzene rings is 2. The van der Waals surface area contributed by atoms with Crippen LogP contribution >= 0.6 is 11.6 Å². The molecule has 0 bridgehead atoms. The fourth-order valence-corrected chi connectivity index (χ4v) is 2.14. The summed E-state index contributed by atoms with van der Waals surface area (Å²) in [6.45, 7) is 0. The Morgan fingerprint density at radius 3 is 2.45 bits per heavy atom. The van der Waals surface area contributed by atoms with Crippen LogP contribution in [0.4, 0.5) is 4.39 Å². The van der Waals surface area contributed by atoms with Gasteiger partial charge in [-0.05, 0) is 23.8 Å². The first-order valence-corrected chi connectivity index (χ1v) is 6.78. The smallest absolute Gasteiger partial charge is 0.254 e. The Morgan fingerprint density at radius 2 is 1.86 bits per heavy atom. The van der Waals surface area contributed by atoms with Gasteiger partial charge in [0.2, 0.25) is 0 Å². The molecule has 22 heavy (non-hydrogen) atoms. The second-order valence-corrected chi connectivity index (χ2v) is 4.95. The first-order valence-electron chi connectivity index (χ1n) is 6.41. The third-order valence-electron chi connectivity index (χ3n) is 3.07. The summed E-state index contributed by atoms with van der Waals surface area (Å²) in [6, 6.07) is 12.4. The predicted octanol–water partition coefficient (Wildman–Crippen LogP) is 2.89. The number of aliphatic hydroxyl groups excluding tert-OH is 1. The molecule has 0 aromatic heterocycles. The largest absolute Gasteiger partial charge is 0.378 e. The number of carbonyl (C=O) groups excluding carboxylic acids is 1. The lowest BCUT2D eigenvalue weighted by Gasteiger charge is -2.16. The molecular weight excluding hydrogens is 307 g/mol. The lowest BCUT2D eigenvalue weighted by Crippen LogP contribution is -2.32. The number of nitriles is 1. The highest BCUT2D eigenvalue weighted by atomic mass is 35.5. The van der Waals surface area contributed by atoms with Gasteiger partial charge in [-0.25, -0.2) is 4.39 Å². The Labute approximate surface area is 131 Å². The lowest BCUT2D eigenvalue weighted by atomic mass is 10.1. The molecule has 2 N–H and O–H groups in total. The van der Waals surface area contributed by atoms with Gasteiger partial charge in [0.25, 0.3) is 5.91 Å². The second-order valence-electron chi connectivity index (χ2n) is 4.55. The standard InChI is InChI=1S/C16H12ClFN2O2/c17-13-4-2-1-3-12(13)15(21)16(22)20-14(9-19)10-5-7-11(18)8-6-10/h1-8,14-15,21H,(H,20,22)/t14-,15-/m1/s1. The third kappa shape index (κ3) is 3.61. The van der Waals surface area contributed by atoms with Gasteiger partial charge in [-0.2, -0.15) is 5.26 Å². The highest BCUT2D eigenvalue weighted by Crippen LogP contribution is 2.23. The Morgan fingerprint density at radius 1 is 1.23 bits per heavy atom. The predicted molar refractivity (Wildman–Crippen MR) is 79.3 cm³/mol. The van der Waals surface area contributed by atoms with E-state index in [1.54, 1.807) is 18.2 Å². The zero-order valence-corrected chi connectivity index (χ0v) is 12.1. The Balaban J connectivity index is 2.14. The molecule has 2 aromatic rings. The van der Waals surface area contributed by atoms with Gasteiger partial charge < -0.3 is 10.4 Å². The normalized spacial score (nSPS) is 13.0. The summed E-state index contributed by atoms with van der Waals surface area (Å²) in [5.74, 6) is -1.20. The van der Waals surface area contributed by atoms with Crippen molar-refractivity contribution < 1.29 is 14.3 Å². The Hall–Kier alpha value is -2.42. The molecular formula is C16H12ClFN2O2. The lowest BCUT2D eigenvalue weighted by molar-refractivity contribution is -0.130. The van der Waals surface area contributed by atoms with E-state index in [-0.39, 0.29) is 10.6 Å². The van der Waals surface area contributed by atoms with Crippen LogP contribution in [0.3, 0.4) is 0 Å².